The third kappa shape index (κ3) is 3.97. The van der Waals surface area contributed by atoms with Gasteiger partial charge in [0.1, 0.15) is 11.3 Å². The van der Waals surface area contributed by atoms with Gasteiger partial charge in [-0.3, -0.25) is 4.79 Å². The molecular weight excluding hydrogens is 306 g/mol. The van der Waals surface area contributed by atoms with E-state index in [2.05, 4.69) is 5.32 Å². The molecule has 3 rings (SSSR count). The van der Waals surface area contributed by atoms with Gasteiger partial charge in [0.15, 0.2) is 0 Å². The average molecular weight is 331 g/mol. The fourth-order valence-corrected chi connectivity index (χ4v) is 3.15. The first-order valence-corrected chi connectivity index (χ1v) is 8.62. The first-order chi connectivity index (χ1) is 11.6. The Morgan fingerprint density at radius 2 is 2.08 bits per heavy atom. The molecule has 1 aliphatic heterocycles. The predicted octanol–water partition coefficient (Wildman–Crippen LogP) is 3.50. The van der Waals surface area contributed by atoms with E-state index in [-0.39, 0.29) is 18.1 Å². The standard InChI is InChI=1S/C19H25NO4/c1-13-16-5-3-4-6-17(16)24-19(13)14(2)20-18(21)9-12-23-15-7-10-22-11-8-15/h3-6,14-15H,7-12H2,1-2H3,(H,20,21)/t14-/m1/s1. The Balaban J connectivity index is 1.50. The number of furan rings is 1. The molecule has 130 valence electrons. The van der Waals surface area contributed by atoms with Gasteiger partial charge in [0.2, 0.25) is 5.91 Å². The largest absolute Gasteiger partial charge is 0.459 e. The van der Waals surface area contributed by atoms with Crippen LogP contribution in [0.1, 0.15) is 43.6 Å². The summed E-state index contributed by atoms with van der Waals surface area (Å²) < 4.78 is 16.9. The summed E-state index contributed by atoms with van der Waals surface area (Å²) in [6, 6.07) is 7.76. The second-order valence-electron chi connectivity index (χ2n) is 6.31. The molecule has 1 aliphatic rings. The molecule has 1 N–H and O–H groups in total. The van der Waals surface area contributed by atoms with Gasteiger partial charge in [-0.15, -0.1) is 0 Å². The van der Waals surface area contributed by atoms with Crippen LogP contribution < -0.4 is 5.32 Å². The minimum Gasteiger partial charge on any atom is -0.459 e. The second kappa shape index (κ2) is 7.81. The van der Waals surface area contributed by atoms with Crippen molar-refractivity contribution >= 4 is 16.9 Å². The van der Waals surface area contributed by atoms with E-state index < -0.39 is 0 Å². The van der Waals surface area contributed by atoms with Gasteiger partial charge in [-0.25, -0.2) is 0 Å². The summed E-state index contributed by atoms with van der Waals surface area (Å²) in [5.74, 6) is 0.796. The van der Waals surface area contributed by atoms with Gasteiger partial charge in [0, 0.05) is 30.6 Å². The summed E-state index contributed by atoms with van der Waals surface area (Å²) >= 11 is 0. The van der Waals surface area contributed by atoms with Gasteiger partial charge >= 0.3 is 0 Å². The molecule has 2 heterocycles. The van der Waals surface area contributed by atoms with Crippen molar-refractivity contribution in [1.29, 1.82) is 0 Å². The van der Waals surface area contributed by atoms with Crippen LogP contribution in [-0.4, -0.2) is 31.8 Å². The third-order valence-corrected chi connectivity index (χ3v) is 4.50. The monoisotopic (exact) mass is 331 g/mol. The Kier molecular flexibility index (Phi) is 5.53. The number of hydrogen-bond donors (Lipinski definition) is 1. The van der Waals surface area contributed by atoms with Crippen LogP contribution >= 0.6 is 0 Å². The molecule has 1 atom stereocenters. The molecule has 0 spiro atoms. The maximum Gasteiger partial charge on any atom is 0.222 e. The molecular formula is C19H25NO4. The normalized spacial score (nSPS) is 17.1. The highest BCUT2D eigenvalue weighted by atomic mass is 16.5. The van der Waals surface area contributed by atoms with Crippen molar-refractivity contribution in [2.45, 2.75) is 45.3 Å². The summed E-state index contributed by atoms with van der Waals surface area (Å²) in [5, 5.41) is 4.09. The van der Waals surface area contributed by atoms with E-state index in [1.54, 1.807) is 0 Å². The van der Waals surface area contributed by atoms with E-state index in [0.717, 1.165) is 48.3 Å². The predicted molar refractivity (Wildman–Crippen MR) is 91.9 cm³/mol. The molecule has 1 fully saturated rings. The Hall–Kier alpha value is -1.85. The van der Waals surface area contributed by atoms with Crippen molar-refractivity contribution < 1.29 is 18.7 Å². The number of fused-ring (bicyclic) bond motifs is 1. The summed E-state index contributed by atoms with van der Waals surface area (Å²) in [5.41, 5.74) is 1.94. The van der Waals surface area contributed by atoms with E-state index in [0.29, 0.717) is 13.0 Å². The van der Waals surface area contributed by atoms with Crippen LogP contribution in [-0.2, 0) is 14.3 Å². The zero-order valence-corrected chi connectivity index (χ0v) is 14.3. The van der Waals surface area contributed by atoms with Crippen LogP contribution in [0.25, 0.3) is 11.0 Å². The zero-order chi connectivity index (χ0) is 16.9. The molecule has 0 saturated carbocycles. The zero-order valence-electron chi connectivity index (χ0n) is 14.3. The van der Waals surface area contributed by atoms with E-state index in [1.165, 1.54) is 0 Å². The maximum atomic E-state index is 12.1. The van der Waals surface area contributed by atoms with Crippen molar-refractivity contribution in [3.63, 3.8) is 0 Å². The number of rotatable bonds is 6. The van der Waals surface area contributed by atoms with Crippen LogP contribution in [0.3, 0.4) is 0 Å². The van der Waals surface area contributed by atoms with E-state index >= 15 is 0 Å². The number of amides is 1. The number of carbonyl (C=O) groups excluding carboxylic acids is 1. The van der Waals surface area contributed by atoms with Gasteiger partial charge in [-0.2, -0.15) is 0 Å². The fraction of sp³-hybridized carbons (Fsp3) is 0.526. The molecule has 1 saturated heterocycles. The third-order valence-electron chi connectivity index (χ3n) is 4.50. The van der Waals surface area contributed by atoms with Crippen LogP contribution in [0.4, 0.5) is 0 Å². The summed E-state index contributed by atoms with van der Waals surface area (Å²) in [7, 11) is 0. The van der Waals surface area contributed by atoms with Gasteiger partial charge in [-0.1, -0.05) is 18.2 Å². The lowest BCUT2D eigenvalue weighted by Crippen LogP contribution is -2.29. The quantitative estimate of drug-likeness (QED) is 0.880. The van der Waals surface area contributed by atoms with Crippen molar-refractivity contribution in [2.24, 2.45) is 0 Å². The van der Waals surface area contributed by atoms with E-state index in [4.69, 9.17) is 13.9 Å². The second-order valence-corrected chi connectivity index (χ2v) is 6.31. The number of aryl methyl sites for hydroxylation is 1. The lowest BCUT2D eigenvalue weighted by Gasteiger charge is -2.22. The topological polar surface area (TPSA) is 60.7 Å². The number of benzene rings is 1. The molecule has 24 heavy (non-hydrogen) atoms. The number of nitrogens with one attached hydrogen (secondary N) is 1. The number of para-hydroxylation sites is 1. The highest BCUT2D eigenvalue weighted by Gasteiger charge is 2.19. The smallest absolute Gasteiger partial charge is 0.222 e. The van der Waals surface area contributed by atoms with Gasteiger partial charge in [0.25, 0.3) is 0 Å². The minimum atomic E-state index is -0.159. The van der Waals surface area contributed by atoms with Crippen LogP contribution in [0.2, 0.25) is 0 Å². The molecule has 0 radical (unpaired) electrons. The number of carbonyl (C=O) groups is 1. The summed E-state index contributed by atoms with van der Waals surface area (Å²) in [6.07, 6.45) is 2.41. The molecule has 5 heteroatoms. The van der Waals surface area contributed by atoms with Gasteiger partial charge < -0.3 is 19.2 Å². The molecule has 1 amide bonds. The molecule has 2 aromatic rings. The van der Waals surface area contributed by atoms with Gasteiger partial charge in [0.05, 0.1) is 18.8 Å². The highest BCUT2D eigenvalue weighted by molar-refractivity contribution is 5.82. The molecule has 5 nitrogen and oxygen atoms in total. The maximum absolute atomic E-state index is 12.1. The first kappa shape index (κ1) is 17.0. The van der Waals surface area contributed by atoms with Gasteiger partial charge in [-0.05, 0) is 32.8 Å². The minimum absolute atomic E-state index is 0.0191. The molecule has 0 bridgehead atoms. The van der Waals surface area contributed by atoms with Crippen LogP contribution in [0, 0.1) is 6.92 Å². The Bertz CT molecular complexity index is 688. The summed E-state index contributed by atoms with van der Waals surface area (Å²) in [6.45, 7) is 5.92. The van der Waals surface area contributed by atoms with Crippen molar-refractivity contribution in [3.05, 3.63) is 35.6 Å². The summed E-state index contributed by atoms with van der Waals surface area (Å²) in [4.78, 5) is 12.1. The lowest BCUT2D eigenvalue weighted by atomic mass is 10.1. The fourth-order valence-electron chi connectivity index (χ4n) is 3.15. The number of hydrogen-bond acceptors (Lipinski definition) is 4. The Morgan fingerprint density at radius 3 is 2.83 bits per heavy atom. The van der Waals surface area contributed by atoms with E-state index in [1.807, 2.05) is 38.1 Å². The SMILES string of the molecule is Cc1c([C@@H](C)NC(=O)CCOC2CCOCC2)oc2ccccc12. The van der Waals surface area contributed by atoms with Crippen LogP contribution in [0.15, 0.2) is 28.7 Å². The van der Waals surface area contributed by atoms with Crippen molar-refractivity contribution in [3.8, 4) is 0 Å². The molecule has 1 aromatic heterocycles. The molecule has 0 unspecified atom stereocenters. The highest BCUT2D eigenvalue weighted by Crippen LogP contribution is 2.29. The molecule has 1 aromatic carbocycles. The lowest BCUT2D eigenvalue weighted by molar-refractivity contribution is -0.123. The Morgan fingerprint density at radius 1 is 1.33 bits per heavy atom. The molecule has 0 aliphatic carbocycles. The average Bonchev–Trinajstić information content (AvgIpc) is 2.93. The van der Waals surface area contributed by atoms with E-state index in [9.17, 15) is 4.79 Å². The van der Waals surface area contributed by atoms with Crippen molar-refractivity contribution in [2.75, 3.05) is 19.8 Å². The Labute approximate surface area is 142 Å². The first-order valence-electron chi connectivity index (χ1n) is 8.62. The number of ether oxygens (including phenoxy) is 2. The van der Waals surface area contributed by atoms with Crippen LogP contribution in [0.5, 0.6) is 0 Å². The van der Waals surface area contributed by atoms with Crippen molar-refractivity contribution in [1.82, 2.24) is 5.32 Å².